The minimum Gasteiger partial charge on any atom is -0.494 e. The fraction of sp³-hybridized carbons (Fsp3) is 0.333. The molecule has 0 radical (unpaired) electrons. The number of carbonyl (C=O) groups excluding carboxylic acids is 2. The van der Waals surface area contributed by atoms with Gasteiger partial charge in [-0.3, -0.25) is 20.4 Å². The van der Waals surface area contributed by atoms with Gasteiger partial charge in [0.25, 0.3) is 11.8 Å². The third-order valence-electron chi connectivity index (χ3n) is 3.87. The molecule has 0 aliphatic rings. The molecule has 2 aromatic carbocycles. The molecule has 0 aliphatic heterocycles. The first-order chi connectivity index (χ1) is 13.4. The van der Waals surface area contributed by atoms with Gasteiger partial charge < -0.3 is 9.47 Å². The molecule has 28 heavy (non-hydrogen) atoms. The van der Waals surface area contributed by atoms with Gasteiger partial charge in [0, 0.05) is 5.56 Å². The number of hydrogen-bond acceptors (Lipinski definition) is 4. The van der Waals surface area contributed by atoms with E-state index in [0.717, 1.165) is 10.9 Å². The van der Waals surface area contributed by atoms with E-state index >= 15 is 0 Å². The molecular weight excluding hydrogens is 424 g/mol. The van der Waals surface area contributed by atoms with E-state index in [4.69, 9.17) is 9.47 Å². The molecule has 0 fully saturated rings. The van der Waals surface area contributed by atoms with Crippen LogP contribution in [-0.2, 0) is 4.79 Å². The number of nitrogens with one attached hydrogen (secondary N) is 2. The number of amides is 2. The van der Waals surface area contributed by atoms with E-state index < -0.39 is 11.8 Å². The van der Waals surface area contributed by atoms with Gasteiger partial charge in [0.2, 0.25) is 0 Å². The molecule has 2 amide bonds. The second kappa shape index (κ2) is 10.7. The van der Waals surface area contributed by atoms with E-state index in [1.54, 1.807) is 24.3 Å². The Morgan fingerprint density at radius 1 is 1.07 bits per heavy atom. The van der Waals surface area contributed by atoms with E-state index in [0.29, 0.717) is 29.6 Å². The Morgan fingerprint density at radius 3 is 2.54 bits per heavy atom. The summed E-state index contributed by atoms with van der Waals surface area (Å²) in [4.78, 5) is 24.1. The lowest BCUT2D eigenvalue weighted by Crippen LogP contribution is -2.43. The molecule has 0 atom stereocenters. The molecule has 150 valence electrons. The first kappa shape index (κ1) is 21.8. The van der Waals surface area contributed by atoms with Gasteiger partial charge in [-0.25, -0.2) is 0 Å². The number of benzene rings is 2. The summed E-state index contributed by atoms with van der Waals surface area (Å²) in [6, 6.07) is 12.5. The van der Waals surface area contributed by atoms with E-state index in [1.165, 1.54) is 5.56 Å². The quantitative estimate of drug-likeness (QED) is 0.593. The molecule has 0 saturated heterocycles. The predicted molar refractivity (Wildman–Crippen MR) is 112 cm³/mol. The molecule has 0 aliphatic carbocycles. The highest BCUT2D eigenvalue weighted by molar-refractivity contribution is 9.10. The Kier molecular flexibility index (Phi) is 8.32. The van der Waals surface area contributed by atoms with E-state index in [-0.39, 0.29) is 6.61 Å². The van der Waals surface area contributed by atoms with Crippen LogP contribution in [0.3, 0.4) is 0 Å². The van der Waals surface area contributed by atoms with Gasteiger partial charge in [-0.2, -0.15) is 0 Å². The third-order valence-corrected chi connectivity index (χ3v) is 4.49. The van der Waals surface area contributed by atoms with Crippen LogP contribution in [0.5, 0.6) is 11.5 Å². The summed E-state index contributed by atoms with van der Waals surface area (Å²) in [6.07, 6.45) is 0.878. The Morgan fingerprint density at radius 2 is 1.86 bits per heavy atom. The van der Waals surface area contributed by atoms with Crippen LogP contribution in [0, 0.1) is 0 Å². The summed E-state index contributed by atoms with van der Waals surface area (Å²) in [5.41, 5.74) is 6.27. The van der Waals surface area contributed by atoms with Crippen LogP contribution in [0.25, 0.3) is 0 Å². The van der Waals surface area contributed by atoms with Crippen molar-refractivity contribution in [1.82, 2.24) is 10.9 Å². The van der Waals surface area contributed by atoms with E-state index in [1.807, 2.05) is 25.1 Å². The number of rotatable bonds is 8. The van der Waals surface area contributed by atoms with Crippen LogP contribution in [0.2, 0.25) is 0 Å². The molecule has 0 saturated carbocycles. The lowest BCUT2D eigenvalue weighted by Gasteiger charge is -2.12. The van der Waals surface area contributed by atoms with Crippen LogP contribution < -0.4 is 20.3 Å². The lowest BCUT2D eigenvalue weighted by molar-refractivity contribution is -0.123. The highest BCUT2D eigenvalue weighted by atomic mass is 79.9. The molecule has 0 aromatic heterocycles. The average Bonchev–Trinajstić information content (AvgIpc) is 2.69. The zero-order valence-electron chi connectivity index (χ0n) is 16.3. The standard InChI is InChI=1S/C21H25BrN2O4/c1-4-10-27-17-7-5-6-16(11-17)21(26)24-23-20(25)13-28-19-9-8-15(14(2)3)12-18(19)22/h5-9,11-12,14H,4,10,13H2,1-3H3,(H,23,25)(H,24,26). The largest absolute Gasteiger partial charge is 0.494 e. The molecule has 0 spiro atoms. The summed E-state index contributed by atoms with van der Waals surface area (Å²) in [5.74, 6) is 0.671. The zero-order chi connectivity index (χ0) is 20.5. The van der Waals surface area contributed by atoms with Crippen LogP contribution in [0.1, 0.15) is 49.0 Å². The van der Waals surface area contributed by atoms with Crippen molar-refractivity contribution in [2.45, 2.75) is 33.1 Å². The zero-order valence-corrected chi connectivity index (χ0v) is 17.8. The van der Waals surface area contributed by atoms with Gasteiger partial charge in [-0.15, -0.1) is 0 Å². The number of halogens is 1. The number of hydrogen-bond donors (Lipinski definition) is 2. The summed E-state index contributed by atoms with van der Waals surface area (Å²) < 4.78 is 11.8. The second-order valence-corrected chi connectivity index (χ2v) is 7.37. The maximum atomic E-state index is 12.2. The van der Waals surface area contributed by atoms with Crippen LogP contribution in [-0.4, -0.2) is 25.0 Å². The van der Waals surface area contributed by atoms with Crippen molar-refractivity contribution in [3.8, 4) is 11.5 Å². The topological polar surface area (TPSA) is 76.7 Å². The number of hydrazine groups is 1. The summed E-state index contributed by atoms with van der Waals surface area (Å²) >= 11 is 3.44. The predicted octanol–water partition coefficient (Wildman–Crippen LogP) is 4.20. The summed E-state index contributed by atoms with van der Waals surface area (Å²) in [6.45, 7) is 6.56. The van der Waals surface area contributed by atoms with Gasteiger partial charge in [0.15, 0.2) is 6.61 Å². The first-order valence-corrected chi connectivity index (χ1v) is 9.94. The van der Waals surface area contributed by atoms with Crippen molar-refractivity contribution in [2.75, 3.05) is 13.2 Å². The minimum atomic E-state index is -0.466. The Labute approximate surface area is 173 Å². The molecule has 2 N–H and O–H groups in total. The van der Waals surface area contributed by atoms with Crippen LogP contribution in [0.15, 0.2) is 46.9 Å². The van der Waals surface area contributed by atoms with Crippen LogP contribution in [0.4, 0.5) is 0 Å². The van der Waals surface area contributed by atoms with Crippen molar-refractivity contribution < 1.29 is 19.1 Å². The lowest BCUT2D eigenvalue weighted by atomic mass is 10.0. The van der Waals surface area contributed by atoms with Gasteiger partial charge in [0.1, 0.15) is 11.5 Å². The normalized spacial score (nSPS) is 10.5. The molecule has 7 heteroatoms. The maximum Gasteiger partial charge on any atom is 0.276 e. The Balaban J connectivity index is 1.83. The molecule has 2 aromatic rings. The van der Waals surface area contributed by atoms with Gasteiger partial charge in [-0.05, 0) is 64.2 Å². The monoisotopic (exact) mass is 448 g/mol. The smallest absolute Gasteiger partial charge is 0.276 e. The third kappa shape index (κ3) is 6.56. The minimum absolute atomic E-state index is 0.223. The average molecular weight is 449 g/mol. The summed E-state index contributed by atoms with van der Waals surface area (Å²) in [5, 5.41) is 0. The van der Waals surface area contributed by atoms with E-state index in [9.17, 15) is 9.59 Å². The maximum absolute atomic E-state index is 12.2. The van der Waals surface area contributed by atoms with Gasteiger partial charge >= 0.3 is 0 Å². The molecular formula is C21H25BrN2O4. The van der Waals surface area contributed by atoms with Crippen molar-refractivity contribution in [1.29, 1.82) is 0 Å². The highest BCUT2D eigenvalue weighted by Crippen LogP contribution is 2.28. The Bertz CT molecular complexity index is 824. The fourth-order valence-corrected chi connectivity index (χ4v) is 2.83. The Hall–Kier alpha value is -2.54. The van der Waals surface area contributed by atoms with Crippen molar-refractivity contribution in [2.24, 2.45) is 0 Å². The molecule has 6 nitrogen and oxygen atoms in total. The summed E-state index contributed by atoms with van der Waals surface area (Å²) in [7, 11) is 0. The molecule has 0 heterocycles. The number of carbonyl (C=O) groups is 2. The second-order valence-electron chi connectivity index (χ2n) is 6.51. The van der Waals surface area contributed by atoms with Crippen LogP contribution >= 0.6 is 15.9 Å². The van der Waals surface area contributed by atoms with Gasteiger partial charge in [-0.1, -0.05) is 32.9 Å². The highest BCUT2D eigenvalue weighted by Gasteiger charge is 2.11. The van der Waals surface area contributed by atoms with Crippen molar-refractivity contribution in [3.63, 3.8) is 0 Å². The molecule has 2 rings (SSSR count). The number of ether oxygens (including phenoxy) is 2. The first-order valence-electron chi connectivity index (χ1n) is 9.15. The van der Waals surface area contributed by atoms with E-state index in [2.05, 4.69) is 40.6 Å². The van der Waals surface area contributed by atoms with Crippen molar-refractivity contribution in [3.05, 3.63) is 58.1 Å². The SMILES string of the molecule is CCCOc1cccc(C(=O)NNC(=O)COc2ccc(C(C)C)cc2Br)c1. The molecule has 0 bridgehead atoms. The fourth-order valence-electron chi connectivity index (χ4n) is 2.32. The van der Waals surface area contributed by atoms with Gasteiger partial charge in [0.05, 0.1) is 11.1 Å². The van der Waals surface area contributed by atoms with Crippen molar-refractivity contribution >= 4 is 27.7 Å². The molecule has 0 unspecified atom stereocenters.